The summed E-state index contributed by atoms with van der Waals surface area (Å²) in [6.07, 6.45) is 5.52. The van der Waals surface area contributed by atoms with Crippen molar-refractivity contribution in [2.45, 2.75) is 27.3 Å². The zero-order valence-electron chi connectivity index (χ0n) is 17.9. The van der Waals surface area contributed by atoms with E-state index in [9.17, 15) is 18.0 Å². The Kier molecular flexibility index (Phi) is 7.20. The van der Waals surface area contributed by atoms with Crippen molar-refractivity contribution >= 4 is 11.9 Å². The quantitative estimate of drug-likeness (QED) is 0.363. The molecule has 0 aliphatic rings. The van der Waals surface area contributed by atoms with Gasteiger partial charge in [-0.15, -0.1) is 0 Å². The molecule has 0 saturated carbocycles. The Morgan fingerprint density at radius 3 is 2.44 bits per heavy atom. The Morgan fingerprint density at radius 2 is 1.78 bits per heavy atom. The molecule has 0 fully saturated rings. The van der Waals surface area contributed by atoms with E-state index >= 15 is 0 Å². The maximum Gasteiger partial charge on any atom is 0.267 e. The van der Waals surface area contributed by atoms with Gasteiger partial charge in [0.15, 0.2) is 17.5 Å². The summed E-state index contributed by atoms with van der Waals surface area (Å²) in [5.74, 6) is -4.19. The van der Waals surface area contributed by atoms with Crippen molar-refractivity contribution in [3.8, 4) is 11.3 Å². The van der Waals surface area contributed by atoms with Crippen LogP contribution in [0.25, 0.3) is 17.0 Å². The molecule has 7 heteroatoms. The Morgan fingerprint density at radius 1 is 1.06 bits per heavy atom. The molecule has 0 bridgehead atoms. The van der Waals surface area contributed by atoms with Gasteiger partial charge in [0.1, 0.15) is 0 Å². The van der Waals surface area contributed by atoms with E-state index in [2.05, 4.69) is 10.1 Å². The van der Waals surface area contributed by atoms with Crippen LogP contribution in [-0.4, -0.2) is 16.0 Å². The predicted molar refractivity (Wildman–Crippen MR) is 121 cm³/mol. The molecule has 0 aliphatic heterocycles. The maximum atomic E-state index is 13.6. The molecular formula is C25H22F3N3O. The predicted octanol–water partition coefficient (Wildman–Crippen LogP) is 5.77. The fraction of sp³-hybridized carbons (Fsp3) is 0.160. The Hall–Kier alpha value is -3.74. The van der Waals surface area contributed by atoms with Crippen molar-refractivity contribution in [1.29, 1.82) is 0 Å². The minimum Gasteiger partial charge on any atom is -0.268 e. The number of rotatable bonds is 6. The van der Waals surface area contributed by atoms with Crippen LogP contribution in [0.1, 0.15) is 31.9 Å². The second kappa shape index (κ2) is 10.0. The molecule has 164 valence electrons. The van der Waals surface area contributed by atoms with E-state index < -0.39 is 17.5 Å². The smallest absolute Gasteiger partial charge is 0.267 e. The third-order valence-corrected chi connectivity index (χ3v) is 4.60. The Balaban J connectivity index is 1.92. The van der Waals surface area contributed by atoms with Crippen molar-refractivity contribution in [2.24, 2.45) is 4.99 Å². The molecule has 0 saturated heterocycles. The summed E-state index contributed by atoms with van der Waals surface area (Å²) in [7, 11) is 0. The maximum absolute atomic E-state index is 13.6. The largest absolute Gasteiger partial charge is 0.268 e. The zero-order chi connectivity index (χ0) is 23.3. The minimum absolute atomic E-state index is 0.0358. The van der Waals surface area contributed by atoms with E-state index in [1.807, 2.05) is 57.2 Å². The van der Waals surface area contributed by atoms with E-state index in [1.54, 1.807) is 6.21 Å². The van der Waals surface area contributed by atoms with Gasteiger partial charge in [0.2, 0.25) is 0 Å². The van der Waals surface area contributed by atoms with Crippen molar-refractivity contribution in [3.63, 3.8) is 0 Å². The number of halogens is 3. The molecule has 3 rings (SSSR count). The first kappa shape index (κ1) is 22.9. The van der Waals surface area contributed by atoms with Gasteiger partial charge in [0.05, 0.1) is 17.9 Å². The fourth-order valence-electron chi connectivity index (χ4n) is 3.00. The fourth-order valence-corrected chi connectivity index (χ4v) is 3.00. The molecular weight excluding hydrogens is 415 g/mol. The molecule has 0 N–H and O–H groups in total. The molecule has 0 radical (unpaired) electrons. The van der Waals surface area contributed by atoms with Crippen LogP contribution in [0, 0.1) is 17.5 Å². The van der Waals surface area contributed by atoms with Gasteiger partial charge in [0, 0.05) is 23.4 Å². The normalized spacial score (nSPS) is 11.8. The van der Waals surface area contributed by atoms with E-state index in [-0.39, 0.29) is 23.4 Å². The van der Waals surface area contributed by atoms with Crippen LogP contribution in [0.4, 0.5) is 13.2 Å². The molecule has 0 amide bonds. The molecule has 0 spiro atoms. The molecule has 0 aliphatic carbocycles. The third-order valence-electron chi connectivity index (χ3n) is 4.60. The van der Waals surface area contributed by atoms with Crippen LogP contribution in [0.15, 0.2) is 76.0 Å². The zero-order valence-corrected chi connectivity index (χ0v) is 17.9. The van der Waals surface area contributed by atoms with E-state index in [1.165, 1.54) is 16.8 Å². The molecule has 4 nitrogen and oxygen atoms in total. The molecule has 1 heterocycles. The lowest BCUT2D eigenvalue weighted by molar-refractivity contribution is 0.447. The number of benzene rings is 2. The van der Waals surface area contributed by atoms with Crippen LogP contribution in [0.5, 0.6) is 0 Å². The van der Waals surface area contributed by atoms with Gasteiger partial charge in [-0.2, -0.15) is 5.10 Å². The molecule has 3 aromatic rings. The lowest BCUT2D eigenvalue weighted by Gasteiger charge is -2.10. The molecule has 32 heavy (non-hydrogen) atoms. The van der Waals surface area contributed by atoms with Crippen molar-refractivity contribution < 1.29 is 13.2 Å². The Labute approximate surface area is 184 Å². The minimum atomic E-state index is -1.55. The average Bonchev–Trinajstić information content (AvgIpc) is 2.76. The van der Waals surface area contributed by atoms with Gasteiger partial charge in [-0.05, 0) is 56.7 Å². The van der Waals surface area contributed by atoms with Crippen LogP contribution < -0.4 is 5.56 Å². The average molecular weight is 437 g/mol. The van der Waals surface area contributed by atoms with Crippen LogP contribution in [0.2, 0.25) is 0 Å². The second-order valence-corrected chi connectivity index (χ2v) is 7.36. The van der Waals surface area contributed by atoms with E-state index in [0.29, 0.717) is 0 Å². The molecule has 0 atom stereocenters. The summed E-state index contributed by atoms with van der Waals surface area (Å²) >= 11 is 0. The number of aliphatic imine (C=N–C) groups is 1. The molecule has 2 aromatic carbocycles. The summed E-state index contributed by atoms with van der Waals surface area (Å²) in [6, 6.07) is 11.8. The molecule has 0 unspecified atom stereocenters. The summed E-state index contributed by atoms with van der Waals surface area (Å²) in [6.45, 7) is 5.99. The van der Waals surface area contributed by atoms with Gasteiger partial charge in [-0.3, -0.25) is 9.79 Å². The van der Waals surface area contributed by atoms with Gasteiger partial charge in [0.25, 0.3) is 5.56 Å². The number of hydrogen-bond acceptors (Lipinski definition) is 3. The first-order valence-electron chi connectivity index (χ1n) is 9.94. The monoisotopic (exact) mass is 437 g/mol. The highest BCUT2D eigenvalue weighted by atomic mass is 19.2. The van der Waals surface area contributed by atoms with Crippen LogP contribution in [-0.2, 0) is 6.54 Å². The van der Waals surface area contributed by atoms with Gasteiger partial charge in [-0.25, -0.2) is 17.9 Å². The first-order valence-corrected chi connectivity index (χ1v) is 9.94. The van der Waals surface area contributed by atoms with Crippen LogP contribution in [0.3, 0.4) is 0 Å². The van der Waals surface area contributed by atoms with Crippen LogP contribution >= 0.6 is 0 Å². The topological polar surface area (TPSA) is 47.2 Å². The Bertz CT molecular complexity index is 1260. The van der Waals surface area contributed by atoms with Gasteiger partial charge >= 0.3 is 0 Å². The standard InChI is InChI=1S/C25H22F3N3O/c1-4-22(29-11-10-16(2)3)18-7-5-6-17(12-18)15-31-24(32)9-8-23(30-31)19-13-20(26)25(28)21(27)14-19/h4-14H,15H2,1-3H3. The third kappa shape index (κ3) is 5.49. The number of aromatic nitrogens is 2. The molecule has 1 aromatic heterocycles. The lowest BCUT2D eigenvalue weighted by atomic mass is 10.1. The highest BCUT2D eigenvalue weighted by Crippen LogP contribution is 2.22. The SMILES string of the molecule is CC=C(N=CC=C(C)C)c1cccc(Cn2nc(-c3cc(F)c(F)c(F)c3)ccc2=O)c1. The van der Waals surface area contributed by atoms with E-state index in [4.69, 9.17) is 0 Å². The van der Waals surface area contributed by atoms with Crippen molar-refractivity contribution in [2.75, 3.05) is 0 Å². The summed E-state index contributed by atoms with van der Waals surface area (Å²) in [4.78, 5) is 16.8. The van der Waals surface area contributed by atoms with Crippen molar-refractivity contribution in [3.05, 3.63) is 105 Å². The number of allylic oxidation sites excluding steroid dienone is 3. The second-order valence-electron chi connectivity index (χ2n) is 7.36. The lowest BCUT2D eigenvalue weighted by Crippen LogP contribution is -2.23. The first-order chi connectivity index (χ1) is 15.3. The van der Waals surface area contributed by atoms with Gasteiger partial charge in [-0.1, -0.05) is 29.8 Å². The van der Waals surface area contributed by atoms with E-state index in [0.717, 1.165) is 34.5 Å². The highest BCUT2D eigenvalue weighted by molar-refractivity contribution is 5.80. The van der Waals surface area contributed by atoms with Crippen molar-refractivity contribution in [1.82, 2.24) is 9.78 Å². The summed E-state index contributed by atoms with van der Waals surface area (Å²) in [5, 5.41) is 4.21. The summed E-state index contributed by atoms with van der Waals surface area (Å²) < 4.78 is 41.7. The van der Waals surface area contributed by atoms with Gasteiger partial charge < -0.3 is 0 Å². The highest BCUT2D eigenvalue weighted by Gasteiger charge is 2.13. The number of nitrogens with zero attached hydrogens (tertiary/aromatic N) is 3. The number of hydrogen-bond donors (Lipinski definition) is 0. The summed E-state index contributed by atoms with van der Waals surface area (Å²) in [5.41, 5.74) is 3.38.